The van der Waals surface area contributed by atoms with Crippen LogP contribution in [-0.2, 0) is 4.79 Å². The van der Waals surface area contributed by atoms with Gasteiger partial charge in [-0.3, -0.25) is 4.79 Å². The second-order valence-electron chi connectivity index (χ2n) is 4.75. The Balaban J connectivity index is 2.83. The summed E-state index contributed by atoms with van der Waals surface area (Å²) in [5.74, 6) is 0.594. The third-order valence-corrected chi connectivity index (χ3v) is 2.66. The zero-order chi connectivity index (χ0) is 9.35. The fourth-order valence-corrected chi connectivity index (χ4v) is 1.80. The highest BCUT2D eigenvalue weighted by Crippen LogP contribution is 2.35. The topological polar surface area (TPSA) is 17.1 Å². The minimum atomic E-state index is 0.132. The second-order valence-corrected chi connectivity index (χ2v) is 4.75. The fraction of sp³-hybridized carbons (Fsp3) is 0.727. The molecule has 0 saturated heterocycles. The van der Waals surface area contributed by atoms with Crippen LogP contribution in [0, 0.1) is 11.3 Å². The average Bonchev–Trinajstić information content (AvgIpc) is 1.92. The summed E-state index contributed by atoms with van der Waals surface area (Å²) in [7, 11) is 0. The van der Waals surface area contributed by atoms with Gasteiger partial charge in [-0.1, -0.05) is 26.8 Å². The van der Waals surface area contributed by atoms with Crippen molar-refractivity contribution in [2.75, 3.05) is 0 Å². The Bertz CT molecular complexity index is 218. The fourth-order valence-electron chi connectivity index (χ4n) is 1.80. The maximum absolute atomic E-state index is 11.7. The molecule has 0 aromatic carbocycles. The largest absolute Gasteiger partial charge is 0.294 e. The summed E-state index contributed by atoms with van der Waals surface area (Å²) < 4.78 is 0. The summed E-state index contributed by atoms with van der Waals surface area (Å²) in [6.07, 6.45) is 4.16. The highest BCUT2D eigenvalue weighted by Gasteiger charge is 2.32. The van der Waals surface area contributed by atoms with E-state index in [0.717, 1.165) is 18.4 Å². The molecule has 0 aromatic heterocycles. The molecule has 1 atom stereocenters. The Morgan fingerprint density at radius 1 is 1.42 bits per heavy atom. The van der Waals surface area contributed by atoms with Crippen molar-refractivity contribution in [3.8, 4) is 0 Å². The van der Waals surface area contributed by atoms with Crippen molar-refractivity contribution in [2.45, 2.75) is 40.5 Å². The lowest BCUT2D eigenvalue weighted by Crippen LogP contribution is -2.31. The summed E-state index contributed by atoms with van der Waals surface area (Å²) in [6.45, 7) is 8.37. The van der Waals surface area contributed by atoms with E-state index in [1.807, 2.05) is 6.92 Å². The number of rotatable bonds is 0. The van der Waals surface area contributed by atoms with Gasteiger partial charge in [0.2, 0.25) is 0 Å². The first-order valence-electron chi connectivity index (χ1n) is 4.64. The van der Waals surface area contributed by atoms with Gasteiger partial charge in [-0.25, -0.2) is 0 Å². The predicted molar refractivity (Wildman–Crippen MR) is 50.9 cm³/mol. The quantitative estimate of drug-likeness (QED) is 0.540. The van der Waals surface area contributed by atoms with E-state index >= 15 is 0 Å². The molecule has 68 valence electrons. The maximum atomic E-state index is 11.7. The summed E-state index contributed by atoms with van der Waals surface area (Å²) >= 11 is 0. The third-order valence-electron chi connectivity index (χ3n) is 2.66. The van der Waals surface area contributed by atoms with Gasteiger partial charge in [-0.15, -0.1) is 0 Å². The van der Waals surface area contributed by atoms with Crippen LogP contribution in [0.25, 0.3) is 0 Å². The van der Waals surface area contributed by atoms with Crippen LogP contribution in [-0.4, -0.2) is 5.78 Å². The van der Waals surface area contributed by atoms with Crippen molar-refractivity contribution in [3.63, 3.8) is 0 Å². The van der Waals surface area contributed by atoms with E-state index in [-0.39, 0.29) is 11.3 Å². The predicted octanol–water partition coefficient (Wildman–Crippen LogP) is 2.96. The van der Waals surface area contributed by atoms with Gasteiger partial charge in [0.05, 0.1) is 0 Å². The van der Waals surface area contributed by atoms with Crippen LogP contribution < -0.4 is 0 Å². The molecule has 1 heteroatoms. The highest BCUT2D eigenvalue weighted by atomic mass is 16.1. The second kappa shape index (κ2) is 3.04. The normalized spacial score (nSPS) is 25.5. The summed E-state index contributed by atoms with van der Waals surface area (Å²) in [6, 6.07) is 0. The minimum absolute atomic E-state index is 0.132. The van der Waals surface area contributed by atoms with Crippen LogP contribution in [0.4, 0.5) is 0 Å². The zero-order valence-corrected chi connectivity index (χ0v) is 8.48. The molecule has 12 heavy (non-hydrogen) atoms. The number of carbonyl (C=O) groups excluding carboxylic acids is 1. The van der Waals surface area contributed by atoms with Gasteiger partial charge in [-0.05, 0) is 30.8 Å². The molecule has 1 rings (SSSR count). The molecule has 0 bridgehead atoms. The van der Waals surface area contributed by atoms with E-state index in [4.69, 9.17) is 0 Å². The molecular weight excluding hydrogens is 148 g/mol. The van der Waals surface area contributed by atoms with Gasteiger partial charge in [0.15, 0.2) is 5.78 Å². The van der Waals surface area contributed by atoms with Crippen LogP contribution in [0.2, 0.25) is 0 Å². The standard InChI is InChI=1S/C11H18O/c1-8-6-5-7-9(10(8)12)11(2,3)4/h6,9H,5,7H2,1-4H3. The summed E-state index contributed by atoms with van der Waals surface area (Å²) in [5, 5.41) is 0. The molecule has 1 aliphatic rings. The van der Waals surface area contributed by atoms with Crippen molar-refractivity contribution in [1.29, 1.82) is 0 Å². The van der Waals surface area contributed by atoms with Crippen molar-refractivity contribution >= 4 is 5.78 Å². The Labute approximate surface area is 74.9 Å². The van der Waals surface area contributed by atoms with E-state index in [2.05, 4.69) is 26.8 Å². The Morgan fingerprint density at radius 3 is 2.42 bits per heavy atom. The number of carbonyl (C=O) groups is 1. The van der Waals surface area contributed by atoms with E-state index in [0.29, 0.717) is 5.78 Å². The van der Waals surface area contributed by atoms with Gasteiger partial charge in [0.1, 0.15) is 0 Å². The molecule has 0 fully saturated rings. The first-order valence-corrected chi connectivity index (χ1v) is 4.64. The number of hydrogen-bond donors (Lipinski definition) is 0. The lowest BCUT2D eigenvalue weighted by atomic mass is 9.72. The van der Waals surface area contributed by atoms with Crippen molar-refractivity contribution in [1.82, 2.24) is 0 Å². The Kier molecular flexibility index (Phi) is 2.41. The number of ketones is 1. The molecule has 0 radical (unpaired) electrons. The lowest BCUT2D eigenvalue weighted by molar-refractivity contribution is -0.123. The molecule has 0 amide bonds. The lowest BCUT2D eigenvalue weighted by Gasteiger charge is -2.31. The first-order chi connectivity index (χ1) is 5.43. The first kappa shape index (κ1) is 9.50. The highest BCUT2D eigenvalue weighted by molar-refractivity contribution is 5.97. The van der Waals surface area contributed by atoms with Gasteiger partial charge in [-0.2, -0.15) is 0 Å². The van der Waals surface area contributed by atoms with Gasteiger partial charge < -0.3 is 0 Å². The summed E-state index contributed by atoms with van der Waals surface area (Å²) in [5.41, 5.74) is 1.09. The van der Waals surface area contributed by atoms with Crippen LogP contribution in [0.5, 0.6) is 0 Å². The molecule has 0 aromatic rings. The third kappa shape index (κ3) is 1.77. The number of hydrogen-bond acceptors (Lipinski definition) is 1. The van der Waals surface area contributed by atoms with E-state index in [9.17, 15) is 4.79 Å². The maximum Gasteiger partial charge on any atom is 0.161 e. The van der Waals surface area contributed by atoms with E-state index < -0.39 is 0 Å². The van der Waals surface area contributed by atoms with Gasteiger partial charge >= 0.3 is 0 Å². The molecule has 0 spiro atoms. The molecule has 1 nitrogen and oxygen atoms in total. The molecule has 0 heterocycles. The Morgan fingerprint density at radius 2 is 2.00 bits per heavy atom. The Hall–Kier alpha value is -0.590. The summed E-state index contributed by atoms with van der Waals surface area (Å²) in [4.78, 5) is 11.7. The van der Waals surface area contributed by atoms with Gasteiger partial charge in [0, 0.05) is 5.92 Å². The van der Waals surface area contributed by atoms with Crippen LogP contribution >= 0.6 is 0 Å². The monoisotopic (exact) mass is 166 g/mol. The molecule has 1 aliphatic carbocycles. The zero-order valence-electron chi connectivity index (χ0n) is 8.48. The van der Waals surface area contributed by atoms with Gasteiger partial charge in [0.25, 0.3) is 0 Å². The molecule has 1 unspecified atom stereocenters. The van der Waals surface area contributed by atoms with E-state index in [1.54, 1.807) is 0 Å². The van der Waals surface area contributed by atoms with Crippen molar-refractivity contribution in [2.24, 2.45) is 11.3 Å². The van der Waals surface area contributed by atoms with Crippen molar-refractivity contribution in [3.05, 3.63) is 11.6 Å². The average molecular weight is 166 g/mol. The van der Waals surface area contributed by atoms with Crippen LogP contribution in [0.3, 0.4) is 0 Å². The SMILES string of the molecule is CC1=CCCC(C(C)(C)C)C1=O. The molecule has 0 N–H and O–H groups in total. The molecular formula is C11H18O. The smallest absolute Gasteiger partial charge is 0.161 e. The van der Waals surface area contributed by atoms with Crippen LogP contribution in [0.15, 0.2) is 11.6 Å². The minimum Gasteiger partial charge on any atom is -0.294 e. The molecule has 0 saturated carbocycles. The number of Topliss-reactive ketones (excluding diaryl/α,β-unsaturated/α-hetero) is 1. The van der Waals surface area contributed by atoms with Crippen LogP contribution in [0.1, 0.15) is 40.5 Å². The van der Waals surface area contributed by atoms with Crippen molar-refractivity contribution < 1.29 is 4.79 Å². The number of allylic oxidation sites excluding steroid dienone is 2. The van der Waals surface area contributed by atoms with E-state index in [1.165, 1.54) is 0 Å². The molecule has 0 aliphatic heterocycles.